The van der Waals surface area contributed by atoms with Crippen LogP contribution in [0.3, 0.4) is 0 Å². The van der Waals surface area contributed by atoms with Crippen molar-refractivity contribution in [1.82, 2.24) is 24.6 Å². The molecule has 2 bridgehead atoms. The lowest BCUT2D eigenvalue weighted by atomic mass is 10.1. The van der Waals surface area contributed by atoms with Crippen molar-refractivity contribution < 1.29 is 4.79 Å². The van der Waals surface area contributed by atoms with Crippen LogP contribution in [0.4, 0.5) is 5.69 Å². The molecule has 2 aliphatic rings. The quantitative estimate of drug-likeness (QED) is 0.645. The van der Waals surface area contributed by atoms with Crippen LogP contribution in [0.2, 0.25) is 0 Å². The lowest BCUT2D eigenvalue weighted by molar-refractivity contribution is -0.133. The number of carbonyl (C=O) groups excluding carboxylic acids is 1. The normalized spacial score (nSPS) is 20.9. The number of fused-ring (bicyclic) bond motifs is 3. The number of hydrogen-bond acceptors (Lipinski definition) is 5. The van der Waals surface area contributed by atoms with Crippen LogP contribution in [0.1, 0.15) is 42.0 Å². The standard InChI is InChI=1S/C27H34N6O/c1-20-29-21(2)33(30-20)19-27(34)31-17-23-10-6-7-11-26(23)28-15-14-24-12-13-25(18-31)32(24)16-22-8-4-3-5-9-22/h3-11,24-25,28H,12-19H2,1-2H3/t24-,25+/m0/s1. The second-order valence-corrected chi connectivity index (χ2v) is 9.55. The Labute approximate surface area is 201 Å². The maximum atomic E-state index is 13.6. The van der Waals surface area contributed by atoms with Crippen LogP contribution in [0.15, 0.2) is 54.6 Å². The number of aromatic nitrogens is 3. The molecule has 1 saturated heterocycles. The van der Waals surface area contributed by atoms with E-state index in [-0.39, 0.29) is 12.5 Å². The summed E-state index contributed by atoms with van der Waals surface area (Å²) in [4.78, 5) is 22.7. The van der Waals surface area contributed by atoms with Gasteiger partial charge in [0.25, 0.3) is 0 Å². The van der Waals surface area contributed by atoms with Gasteiger partial charge < -0.3 is 10.2 Å². The highest BCUT2D eigenvalue weighted by molar-refractivity contribution is 5.76. The van der Waals surface area contributed by atoms with Gasteiger partial charge >= 0.3 is 0 Å². The number of para-hydroxylation sites is 1. The predicted octanol–water partition coefficient (Wildman–Crippen LogP) is 3.77. The molecule has 7 nitrogen and oxygen atoms in total. The number of carbonyl (C=O) groups is 1. The maximum Gasteiger partial charge on any atom is 0.244 e. The van der Waals surface area contributed by atoms with E-state index < -0.39 is 0 Å². The first-order valence-corrected chi connectivity index (χ1v) is 12.3. The minimum absolute atomic E-state index is 0.0881. The minimum Gasteiger partial charge on any atom is -0.385 e. The molecule has 1 fully saturated rings. The third kappa shape index (κ3) is 4.99. The Hall–Kier alpha value is -3.19. The van der Waals surface area contributed by atoms with Gasteiger partial charge in [0.2, 0.25) is 5.91 Å². The smallest absolute Gasteiger partial charge is 0.244 e. The Balaban J connectivity index is 1.43. The molecule has 3 heterocycles. The Morgan fingerprint density at radius 3 is 2.56 bits per heavy atom. The second kappa shape index (κ2) is 9.97. The molecule has 1 N–H and O–H groups in total. The van der Waals surface area contributed by atoms with E-state index >= 15 is 0 Å². The van der Waals surface area contributed by atoms with Crippen LogP contribution < -0.4 is 5.32 Å². The Bertz CT molecular complexity index is 1130. The molecule has 178 valence electrons. The van der Waals surface area contributed by atoms with Gasteiger partial charge in [-0.15, -0.1) is 0 Å². The fourth-order valence-corrected chi connectivity index (χ4v) is 5.43. The number of amides is 1. The van der Waals surface area contributed by atoms with E-state index in [1.165, 1.54) is 12.0 Å². The van der Waals surface area contributed by atoms with Crippen molar-refractivity contribution >= 4 is 11.6 Å². The molecule has 1 amide bonds. The summed E-state index contributed by atoms with van der Waals surface area (Å²) in [7, 11) is 0. The van der Waals surface area contributed by atoms with Gasteiger partial charge in [-0.1, -0.05) is 48.5 Å². The van der Waals surface area contributed by atoms with Crippen molar-refractivity contribution in [3.63, 3.8) is 0 Å². The first-order valence-electron chi connectivity index (χ1n) is 12.3. The Morgan fingerprint density at radius 2 is 1.76 bits per heavy atom. The molecule has 0 aliphatic carbocycles. The Morgan fingerprint density at radius 1 is 1.00 bits per heavy atom. The fourth-order valence-electron chi connectivity index (χ4n) is 5.43. The van der Waals surface area contributed by atoms with Gasteiger partial charge in [0, 0.05) is 44.0 Å². The first kappa shape index (κ1) is 22.6. The SMILES string of the molecule is Cc1nc(C)n(CC(=O)N2Cc3ccccc3NCC[C@@H]3CC[C@H](C2)N3Cc2ccccc2)n1. The molecule has 2 aliphatic heterocycles. The van der Waals surface area contributed by atoms with Crippen molar-refractivity contribution in [3.8, 4) is 0 Å². The molecular weight excluding hydrogens is 424 g/mol. The van der Waals surface area contributed by atoms with E-state index in [1.54, 1.807) is 4.68 Å². The topological polar surface area (TPSA) is 66.3 Å². The van der Waals surface area contributed by atoms with Crippen LogP contribution in [-0.4, -0.2) is 55.6 Å². The number of hydrogen-bond donors (Lipinski definition) is 1. The number of nitrogens with zero attached hydrogens (tertiary/aromatic N) is 5. The van der Waals surface area contributed by atoms with Gasteiger partial charge in [-0.3, -0.25) is 9.69 Å². The molecular formula is C27H34N6O. The van der Waals surface area contributed by atoms with Gasteiger partial charge in [0.1, 0.15) is 18.2 Å². The van der Waals surface area contributed by atoms with Gasteiger partial charge in [-0.25, -0.2) is 9.67 Å². The average Bonchev–Trinajstić information content (AvgIpc) is 3.34. The molecule has 3 aromatic rings. The highest BCUT2D eigenvalue weighted by Crippen LogP contribution is 2.31. The zero-order chi connectivity index (χ0) is 23.5. The molecule has 0 spiro atoms. The summed E-state index contributed by atoms with van der Waals surface area (Å²) in [6.45, 7) is 7.17. The molecule has 0 radical (unpaired) electrons. The lowest BCUT2D eigenvalue weighted by Crippen LogP contribution is -2.45. The fraction of sp³-hybridized carbons (Fsp3) is 0.444. The molecule has 0 unspecified atom stereocenters. The molecule has 2 atom stereocenters. The van der Waals surface area contributed by atoms with Crippen LogP contribution in [0.25, 0.3) is 0 Å². The van der Waals surface area contributed by atoms with Gasteiger partial charge in [0.05, 0.1) is 0 Å². The van der Waals surface area contributed by atoms with Crippen LogP contribution in [0.5, 0.6) is 0 Å². The predicted molar refractivity (Wildman–Crippen MR) is 133 cm³/mol. The minimum atomic E-state index is 0.0881. The summed E-state index contributed by atoms with van der Waals surface area (Å²) in [5.41, 5.74) is 3.62. The number of rotatable bonds is 4. The lowest BCUT2D eigenvalue weighted by Gasteiger charge is -2.34. The third-order valence-corrected chi connectivity index (χ3v) is 7.18. The zero-order valence-electron chi connectivity index (χ0n) is 20.2. The number of aryl methyl sites for hydroxylation is 2. The van der Waals surface area contributed by atoms with Crippen molar-refractivity contribution in [1.29, 1.82) is 0 Å². The molecule has 0 saturated carbocycles. The van der Waals surface area contributed by atoms with Crippen LogP contribution in [-0.2, 0) is 24.4 Å². The van der Waals surface area contributed by atoms with Gasteiger partial charge in [-0.05, 0) is 50.3 Å². The van der Waals surface area contributed by atoms with Crippen molar-refractivity contribution in [2.24, 2.45) is 0 Å². The van der Waals surface area contributed by atoms with Crippen LogP contribution >= 0.6 is 0 Å². The molecule has 7 heteroatoms. The summed E-state index contributed by atoms with van der Waals surface area (Å²) >= 11 is 0. The monoisotopic (exact) mass is 458 g/mol. The average molecular weight is 459 g/mol. The highest BCUT2D eigenvalue weighted by atomic mass is 16.2. The van der Waals surface area contributed by atoms with Crippen molar-refractivity contribution in [3.05, 3.63) is 77.4 Å². The molecule has 34 heavy (non-hydrogen) atoms. The first-order chi connectivity index (χ1) is 16.6. The molecule has 5 rings (SSSR count). The van der Waals surface area contributed by atoms with E-state index in [1.807, 2.05) is 18.7 Å². The van der Waals surface area contributed by atoms with Crippen molar-refractivity contribution in [2.45, 2.75) is 64.8 Å². The van der Waals surface area contributed by atoms with Gasteiger partial charge in [0.15, 0.2) is 0 Å². The summed E-state index contributed by atoms with van der Waals surface area (Å²) in [6.07, 6.45) is 3.39. The summed E-state index contributed by atoms with van der Waals surface area (Å²) in [5.74, 6) is 1.56. The number of anilines is 1. The van der Waals surface area contributed by atoms with E-state index in [0.29, 0.717) is 24.5 Å². The van der Waals surface area contributed by atoms with E-state index in [9.17, 15) is 4.79 Å². The Kier molecular flexibility index (Phi) is 6.63. The maximum absolute atomic E-state index is 13.6. The van der Waals surface area contributed by atoms with Crippen LogP contribution in [0, 0.1) is 13.8 Å². The number of nitrogens with one attached hydrogen (secondary N) is 1. The second-order valence-electron chi connectivity index (χ2n) is 9.55. The third-order valence-electron chi connectivity index (χ3n) is 7.18. The van der Waals surface area contributed by atoms with E-state index in [2.05, 4.69) is 74.9 Å². The van der Waals surface area contributed by atoms with E-state index in [0.717, 1.165) is 49.6 Å². The summed E-state index contributed by atoms with van der Waals surface area (Å²) < 4.78 is 1.73. The summed E-state index contributed by atoms with van der Waals surface area (Å²) in [5, 5.41) is 8.09. The zero-order valence-corrected chi connectivity index (χ0v) is 20.2. The largest absolute Gasteiger partial charge is 0.385 e. The number of benzene rings is 2. The highest BCUT2D eigenvalue weighted by Gasteiger charge is 2.35. The molecule has 2 aromatic carbocycles. The van der Waals surface area contributed by atoms with Crippen molar-refractivity contribution in [2.75, 3.05) is 18.4 Å². The summed E-state index contributed by atoms with van der Waals surface area (Å²) in [6, 6.07) is 19.9. The van der Waals surface area contributed by atoms with E-state index in [4.69, 9.17) is 0 Å². The van der Waals surface area contributed by atoms with Gasteiger partial charge in [-0.2, -0.15) is 5.10 Å². The molecule has 1 aromatic heterocycles.